The first-order chi connectivity index (χ1) is 20.2. The van der Waals surface area contributed by atoms with Gasteiger partial charge >= 0.3 is 5.97 Å². The van der Waals surface area contributed by atoms with Gasteiger partial charge in [-0.3, -0.25) is 9.36 Å². The molecule has 0 unspecified atom stereocenters. The van der Waals surface area contributed by atoms with E-state index in [0.29, 0.717) is 42.3 Å². The Labute approximate surface area is 258 Å². The zero-order valence-corrected chi connectivity index (χ0v) is 26.0. The molecule has 3 aromatic carbocycles. The van der Waals surface area contributed by atoms with Gasteiger partial charge in [0.15, 0.2) is 4.80 Å². The van der Waals surface area contributed by atoms with E-state index in [1.54, 1.807) is 36.6 Å². The fourth-order valence-corrected chi connectivity index (χ4v) is 6.19. The molecule has 216 valence electrons. The van der Waals surface area contributed by atoms with Crippen LogP contribution in [0.15, 0.2) is 87.8 Å². The number of thiazole rings is 1. The molecule has 0 aliphatic carbocycles. The van der Waals surface area contributed by atoms with Gasteiger partial charge in [-0.25, -0.2) is 9.79 Å². The van der Waals surface area contributed by atoms with Gasteiger partial charge in [0.25, 0.3) is 5.56 Å². The summed E-state index contributed by atoms with van der Waals surface area (Å²) in [6.07, 6.45) is 1.80. The van der Waals surface area contributed by atoms with Crippen molar-refractivity contribution in [3.05, 3.63) is 130 Å². The van der Waals surface area contributed by atoms with Crippen LogP contribution in [0.5, 0.6) is 5.75 Å². The minimum Gasteiger partial charge on any atom is -0.488 e. The number of carbonyl (C=O) groups is 1. The lowest BCUT2D eigenvalue weighted by molar-refractivity contribution is -0.139. The van der Waals surface area contributed by atoms with E-state index in [2.05, 4.69) is 18.8 Å². The minimum absolute atomic E-state index is 0.220. The number of carbonyl (C=O) groups excluding carboxylic acids is 1. The van der Waals surface area contributed by atoms with E-state index < -0.39 is 12.0 Å². The van der Waals surface area contributed by atoms with Gasteiger partial charge < -0.3 is 9.47 Å². The Morgan fingerprint density at radius 3 is 2.50 bits per heavy atom. The van der Waals surface area contributed by atoms with Crippen LogP contribution in [0.4, 0.5) is 0 Å². The van der Waals surface area contributed by atoms with Crippen LogP contribution in [0.25, 0.3) is 6.08 Å². The van der Waals surface area contributed by atoms with Gasteiger partial charge in [0.2, 0.25) is 0 Å². The molecular weight excluding hydrogens is 591 g/mol. The predicted molar refractivity (Wildman–Crippen MR) is 168 cm³/mol. The van der Waals surface area contributed by atoms with Gasteiger partial charge in [0.05, 0.1) is 38.5 Å². The van der Waals surface area contributed by atoms with E-state index in [1.807, 2.05) is 54.6 Å². The number of aromatic nitrogens is 1. The van der Waals surface area contributed by atoms with Crippen molar-refractivity contribution in [2.45, 2.75) is 46.3 Å². The maximum atomic E-state index is 14.0. The molecule has 0 spiro atoms. The van der Waals surface area contributed by atoms with Crippen molar-refractivity contribution in [1.29, 1.82) is 0 Å². The fraction of sp³-hybridized carbons (Fsp3) is 0.242. The second-order valence-corrected chi connectivity index (χ2v) is 12.0. The van der Waals surface area contributed by atoms with Gasteiger partial charge in [0, 0.05) is 5.56 Å². The molecule has 0 fully saturated rings. The summed E-state index contributed by atoms with van der Waals surface area (Å²) in [7, 11) is 0. The van der Waals surface area contributed by atoms with Crippen LogP contribution in [0.3, 0.4) is 0 Å². The first-order valence-electron chi connectivity index (χ1n) is 13.6. The molecule has 0 bridgehead atoms. The lowest BCUT2D eigenvalue weighted by atomic mass is 9.93. The molecule has 0 amide bonds. The van der Waals surface area contributed by atoms with E-state index in [1.165, 1.54) is 16.9 Å². The lowest BCUT2D eigenvalue weighted by Gasteiger charge is -2.25. The van der Waals surface area contributed by atoms with Crippen molar-refractivity contribution in [2.24, 2.45) is 4.99 Å². The Balaban J connectivity index is 1.58. The van der Waals surface area contributed by atoms with E-state index in [4.69, 9.17) is 32.7 Å². The number of ether oxygens (including phenoxy) is 2. The largest absolute Gasteiger partial charge is 0.488 e. The second-order valence-electron chi connectivity index (χ2n) is 10.2. The number of fused-ring (bicyclic) bond motifs is 1. The van der Waals surface area contributed by atoms with Gasteiger partial charge in [-0.15, -0.1) is 0 Å². The summed E-state index contributed by atoms with van der Waals surface area (Å²) in [4.78, 5) is 32.4. The van der Waals surface area contributed by atoms with Crippen molar-refractivity contribution in [1.82, 2.24) is 4.57 Å². The van der Waals surface area contributed by atoms with E-state index in [0.717, 1.165) is 16.7 Å². The molecule has 1 atom stereocenters. The van der Waals surface area contributed by atoms with Crippen molar-refractivity contribution in [3.8, 4) is 5.75 Å². The molecule has 1 aliphatic rings. The third-order valence-corrected chi connectivity index (χ3v) is 8.74. The van der Waals surface area contributed by atoms with Crippen LogP contribution in [-0.4, -0.2) is 17.1 Å². The van der Waals surface area contributed by atoms with Crippen LogP contribution < -0.4 is 19.6 Å². The predicted octanol–water partition coefficient (Wildman–Crippen LogP) is 6.81. The highest BCUT2D eigenvalue weighted by Crippen LogP contribution is 2.32. The minimum atomic E-state index is -0.662. The van der Waals surface area contributed by atoms with Crippen molar-refractivity contribution < 1.29 is 14.3 Å². The smallest absolute Gasteiger partial charge is 0.338 e. The number of hydrogen-bond acceptors (Lipinski definition) is 6. The summed E-state index contributed by atoms with van der Waals surface area (Å²) in [5.41, 5.74) is 4.23. The van der Waals surface area contributed by atoms with Crippen molar-refractivity contribution in [3.63, 3.8) is 0 Å². The van der Waals surface area contributed by atoms with E-state index in [-0.39, 0.29) is 18.8 Å². The number of para-hydroxylation sites is 1. The van der Waals surface area contributed by atoms with Crippen LogP contribution in [0.1, 0.15) is 61.9 Å². The second kappa shape index (κ2) is 12.7. The Bertz CT molecular complexity index is 1860. The van der Waals surface area contributed by atoms with E-state index in [9.17, 15) is 9.59 Å². The average molecular weight is 622 g/mol. The van der Waals surface area contributed by atoms with Gasteiger partial charge in [-0.05, 0) is 60.7 Å². The Morgan fingerprint density at radius 1 is 1.07 bits per heavy atom. The summed E-state index contributed by atoms with van der Waals surface area (Å²) >= 11 is 13.5. The number of allylic oxidation sites excluding steroid dienone is 1. The Kier molecular flexibility index (Phi) is 9.02. The Morgan fingerprint density at radius 2 is 1.81 bits per heavy atom. The van der Waals surface area contributed by atoms with Gasteiger partial charge in [0.1, 0.15) is 12.4 Å². The molecule has 1 aromatic heterocycles. The normalized spacial score (nSPS) is 15.0. The van der Waals surface area contributed by atoms with Crippen LogP contribution in [0, 0.1) is 0 Å². The average Bonchev–Trinajstić information content (AvgIpc) is 3.27. The van der Waals surface area contributed by atoms with E-state index >= 15 is 0 Å². The molecule has 0 saturated heterocycles. The molecule has 4 aromatic rings. The molecule has 2 heterocycles. The molecule has 0 saturated carbocycles. The van der Waals surface area contributed by atoms with Crippen LogP contribution >= 0.6 is 34.5 Å². The molecule has 5 rings (SSSR count). The SMILES string of the molecule is CCOC(=O)C1=C(C)N=c2s/c(=C\c3ccccc3OCc3ccc(Cl)c(Cl)c3)c(=O)n2[C@@H]1c1ccc(C(C)C)cc1. The number of rotatable bonds is 8. The molecular formula is C33H30Cl2N2O4S. The standard InChI is InChI=1S/C33H30Cl2N2O4S/c1-5-40-32(39)29-20(4)36-33-37(30(29)23-13-11-22(12-14-23)19(2)3)31(38)28(42-33)17-24-8-6-7-9-27(24)41-18-21-10-15-25(34)26(35)16-21/h6-17,19,30H,5,18H2,1-4H3/b28-17-/t30-/m1/s1. The third-order valence-electron chi connectivity index (χ3n) is 7.02. The first kappa shape index (κ1) is 29.8. The fourth-order valence-electron chi connectivity index (χ4n) is 4.83. The highest BCUT2D eigenvalue weighted by atomic mass is 35.5. The van der Waals surface area contributed by atoms with Crippen LogP contribution in [-0.2, 0) is 16.1 Å². The maximum absolute atomic E-state index is 14.0. The molecule has 6 nitrogen and oxygen atoms in total. The molecule has 1 aliphatic heterocycles. The summed E-state index contributed by atoms with van der Waals surface area (Å²) in [5, 5.41) is 0.935. The van der Waals surface area contributed by atoms with Crippen LogP contribution in [0.2, 0.25) is 10.0 Å². The summed E-state index contributed by atoms with van der Waals surface area (Å²) in [5.74, 6) is 0.479. The molecule has 42 heavy (non-hydrogen) atoms. The lowest BCUT2D eigenvalue weighted by Crippen LogP contribution is -2.39. The van der Waals surface area contributed by atoms with Gasteiger partial charge in [-0.1, -0.05) is 96.9 Å². The monoisotopic (exact) mass is 620 g/mol. The van der Waals surface area contributed by atoms with Crippen molar-refractivity contribution in [2.75, 3.05) is 6.61 Å². The first-order valence-corrected chi connectivity index (χ1v) is 15.2. The highest BCUT2D eigenvalue weighted by molar-refractivity contribution is 7.07. The Hall–Kier alpha value is -3.65. The number of esters is 1. The molecule has 0 radical (unpaired) electrons. The molecule has 0 N–H and O–H groups in total. The number of hydrogen-bond donors (Lipinski definition) is 0. The quantitative estimate of drug-likeness (QED) is 0.203. The topological polar surface area (TPSA) is 69.9 Å². The summed E-state index contributed by atoms with van der Waals surface area (Å²) < 4.78 is 13.6. The number of nitrogens with zero attached hydrogens (tertiary/aromatic N) is 2. The number of benzene rings is 3. The summed E-state index contributed by atoms with van der Waals surface area (Å²) in [6, 6.07) is 20.2. The number of halogens is 2. The zero-order chi connectivity index (χ0) is 30.0. The highest BCUT2D eigenvalue weighted by Gasteiger charge is 2.33. The third kappa shape index (κ3) is 6.09. The maximum Gasteiger partial charge on any atom is 0.338 e. The zero-order valence-electron chi connectivity index (χ0n) is 23.7. The van der Waals surface area contributed by atoms with Gasteiger partial charge in [-0.2, -0.15) is 0 Å². The van der Waals surface area contributed by atoms with Crippen molar-refractivity contribution >= 4 is 46.6 Å². The summed E-state index contributed by atoms with van der Waals surface area (Å²) in [6.45, 7) is 8.29. The molecule has 9 heteroatoms.